The molecule has 1 heterocycles. The van der Waals surface area contributed by atoms with Gasteiger partial charge in [0.1, 0.15) is 0 Å². The van der Waals surface area contributed by atoms with E-state index in [1.165, 1.54) is 12.8 Å². The van der Waals surface area contributed by atoms with E-state index < -0.39 is 0 Å². The lowest BCUT2D eigenvalue weighted by atomic mass is 9.79. The number of amides is 1. The molecule has 1 aliphatic carbocycles. The molecule has 0 bridgehead atoms. The minimum atomic E-state index is 0.0523. The molecule has 0 aliphatic heterocycles. The van der Waals surface area contributed by atoms with Crippen molar-refractivity contribution >= 4 is 5.91 Å². The normalized spacial score (nSPS) is 22.3. The number of carbonyl (C=O) groups is 1. The molecule has 21 heavy (non-hydrogen) atoms. The van der Waals surface area contributed by atoms with Crippen LogP contribution in [0.5, 0.6) is 0 Å². The second kappa shape index (κ2) is 7.07. The zero-order chi connectivity index (χ0) is 15.4. The fourth-order valence-corrected chi connectivity index (χ4v) is 3.33. The molecule has 0 saturated heterocycles. The van der Waals surface area contributed by atoms with Crippen LogP contribution in [0.25, 0.3) is 0 Å². The predicted octanol–water partition coefficient (Wildman–Crippen LogP) is 1.49. The van der Waals surface area contributed by atoms with Gasteiger partial charge in [-0.25, -0.2) is 0 Å². The van der Waals surface area contributed by atoms with Crippen molar-refractivity contribution in [3.63, 3.8) is 0 Å². The lowest BCUT2D eigenvalue weighted by molar-refractivity contribution is -0.120. The summed E-state index contributed by atoms with van der Waals surface area (Å²) < 4.78 is 1.82. The highest BCUT2D eigenvalue weighted by Gasteiger charge is 2.25. The van der Waals surface area contributed by atoms with Gasteiger partial charge in [0.15, 0.2) is 0 Å². The van der Waals surface area contributed by atoms with Gasteiger partial charge in [0.05, 0.1) is 12.1 Å². The van der Waals surface area contributed by atoms with Gasteiger partial charge in [-0.2, -0.15) is 5.10 Å². The van der Waals surface area contributed by atoms with E-state index in [-0.39, 0.29) is 12.5 Å². The van der Waals surface area contributed by atoms with Crippen molar-refractivity contribution in [1.29, 1.82) is 0 Å². The molecule has 1 aromatic rings. The van der Waals surface area contributed by atoms with Crippen LogP contribution in [0.2, 0.25) is 0 Å². The number of nitrogens with one attached hydrogen (secondary N) is 1. The Morgan fingerprint density at radius 1 is 1.33 bits per heavy atom. The number of hydrogen-bond donors (Lipinski definition) is 2. The largest absolute Gasteiger partial charge is 0.396 e. The highest BCUT2D eigenvalue weighted by Crippen LogP contribution is 2.29. The summed E-state index contributed by atoms with van der Waals surface area (Å²) in [5.74, 6) is 0.821. The van der Waals surface area contributed by atoms with Crippen molar-refractivity contribution < 1.29 is 9.90 Å². The van der Waals surface area contributed by atoms with Crippen LogP contribution in [0.1, 0.15) is 42.6 Å². The second-order valence-corrected chi connectivity index (χ2v) is 6.24. The van der Waals surface area contributed by atoms with E-state index in [9.17, 15) is 9.90 Å². The van der Waals surface area contributed by atoms with Crippen LogP contribution < -0.4 is 5.32 Å². The average Bonchev–Trinajstić information content (AvgIpc) is 2.72. The van der Waals surface area contributed by atoms with Crippen LogP contribution in [-0.2, 0) is 18.3 Å². The fourth-order valence-electron chi connectivity index (χ4n) is 3.33. The number of hydrogen-bond acceptors (Lipinski definition) is 3. The van der Waals surface area contributed by atoms with Crippen molar-refractivity contribution in [2.75, 3.05) is 13.2 Å². The van der Waals surface area contributed by atoms with Crippen LogP contribution in [0.4, 0.5) is 0 Å². The van der Waals surface area contributed by atoms with E-state index in [1.54, 1.807) is 0 Å². The standard InChI is InChI=1S/C16H27N3O2/c1-11-15(12(2)19(3)18-11)8-16(21)17-9-13-6-4-5-7-14(13)10-20/h13-14,20H,4-10H2,1-3H3,(H,17,21). The smallest absolute Gasteiger partial charge is 0.224 e. The topological polar surface area (TPSA) is 67.2 Å². The number of aliphatic hydroxyl groups excluding tert-OH is 1. The molecular weight excluding hydrogens is 266 g/mol. The van der Waals surface area contributed by atoms with Crippen molar-refractivity contribution in [3.05, 3.63) is 17.0 Å². The van der Waals surface area contributed by atoms with Crippen LogP contribution in [-0.4, -0.2) is 33.9 Å². The Hall–Kier alpha value is -1.36. The summed E-state index contributed by atoms with van der Waals surface area (Å²) >= 11 is 0. The van der Waals surface area contributed by atoms with Gasteiger partial charge in [0.2, 0.25) is 5.91 Å². The summed E-state index contributed by atoms with van der Waals surface area (Å²) in [6.07, 6.45) is 4.98. The molecule has 2 unspecified atom stereocenters. The Kier molecular flexibility index (Phi) is 5.39. The van der Waals surface area contributed by atoms with Gasteiger partial charge in [0.25, 0.3) is 0 Å². The molecular formula is C16H27N3O2. The third-order valence-electron chi connectivity index (χ3n) is 4.86. The van der Waals surface area contributed by atoms with Gasteiger partial charge >= 0.3 is 0 Å². The quantitative estimate of drug-likeness (QED) is 0.864. The zero-order valence-corrected chi connectivity index (χ0v) is 13.4. The summed E-state index contributed by atoms with van der Waals surface area (Å²) in [4.78, 5) is 12.2. The Balaban J connectivity index is 1.87. The van der Waals surface area contributed by atoms with E-state index in [1.807, 2.05) is 25.6 Å². The fraction of sp³-hybridized carbons (Fsp3) is 0.750. The van der Waals surface area contributed by atoms with E-state index in [2.05, 4.69) is 10.4 Å². The Morgan fingerprint density at radius 2 is 2.00 bits per heavy atom. The summed E-state index contributed by atoms with van der Waals surface area (Å²) in [7, 11) is 1.90. The van der Waals surface area contributed by atoms with Crippen molar-refractivity contribution in [2.45, 2.75) is 46.0 Å². The second-order valence-electron chi connectivity index (χ2n) is 6.24. The molecule has 5 heteroatoms. The summed E-state index contributed by atoms with van der Waals surface area (Å²) in [5.41, 5.74) is 3.00. The molecule has 1 saturated carbocycles. The van der Waals surface area contributed by atoms with E-state index in [4.69, 9.17) is 0 Å². The Morgan fingerprint density at radius 3 is 2.57 bits per heavy atom. The summed E-state index contributed by atoms with van der Waals surface area (Å²) in [5, 5.41) is 16.8. The van der Waals surface area contributed by atoms with Crippen LogP contribution in [0.15, 0.2) is 0 Å². The van der Waals surface area contributed by atoms with E-state index in [0.717, 1.165) is 29.8 Å². The SMILES string of the molecule is Cc1nn(C)c(C)c1CC(=O)NCC1CCCCC1CO. The van der Waals surface area contributed by atoms with E-state index in [0.29, 0.717) is 24.8 Å². The van der Waals surface area contributed by atoms with Gasteiger partial charge in [-0.15, -0.1) is 0 Å². The van der Waals surface area contributed by atoms with Crippen molar-refractivity contribution in [1.82, 2.24) is 15.1 Å². The highest BCUT2D eigenvalue weighted by atomic mass is 16.3. The molecule has 1 aliphatic rings. The van der Waals surface area contributed by atoms with Crippen LogP contribution in [0, 0.1) is 25.7 Å². The Bertz CT molecular complexity index is 496. The van der Waals surface area contributed by atoms with Gasteiger partial charge in [-0.05, 0) is 38.5 Å². The lowest BCUT2D eigenvalue weighted by Gasteiger charge is -2.30. The Labute approximate surface area is 126 Å². The average molecular weight is 293 g/mol. The maximum Gasteiger partial charge on any atom is 0.224 e. The number of aryl methyl sites for hydroxylation is 2. The monoisotopic (exact) mass is 293 g/mol. The van der Waals surface area contributed by atoms with Crippen LogP contribution >= 0.6 is 0 Å². The minimum Gasteiger partial charge on any atom is -0.396 e. The predicted molar refractivity (Wildman–Crippen MR) is 81.9 cm³/mol. The maximum atomic E-state index is 12.2. The van der Waals surface area contributed by atoms with Gasteiger partial charge in [-0.3, -0.25) is 9.48 Å². The molecule has 1 amide bonds. The first-order valence-corrected chi connectivity index (χ1v) is 7.89. The summed E-state index contributed by atoms with van der Waals surface area (Å²) in [6.45, 7) is 4.86. The summed E-state index contributed by atoms with van der Waals surface area (Å²) in [6, 6.07) is 0. The molecule has 2 atom stereocenters. The first-order chi connectivity index (χ1) is 10.0. The van der Waals surface area contributed by atoms with Gasteiger partial charge < -0.3 is 10.4 Å². The van der Waals surface area contributed by atoms with Crippen molar-refractivity contribution in [2.24, 2.45) is 18.9 Å². The highest BCUT2D eigenvalue weighted by molar-refractivity contribution is 5.79. The third-order valence-corrected chi connectivity index (χ3v) is 4.86. The zero-order valence-electron chi connectivity index (χ0n) is 13.4. The molecule has 1 fully saturated rings. The first-order valence-electron chi connectivity index (χ1n) is 7.89. The molecule has 0 spiro atoms. The van der Waals surface area contributed by atoms with E-state index >= 15 is 0 Å². The molecule has 2 N–H and O–H groups in total. The van der Waals surface area contributed by atoms with Gasteiger partial charge in [-0.1, -0.05) is 12.8 Å². The van der Waals surface area contributed by atoms with Crippen molar-refractivity contribution in [3.8, 4) is 0 Å². The molecule has 2 rings (SSSR count). The number of aromatic nitrogens is 2. The number of nitrogens with zero attached hydrogens (tertiary/aromatic N) is 2. The number of aliphatic hydroxyl groups is 1. The maximum absolute atomic E-state index is 12.2. The molecule has 0 aromatic carbocycles. The van der Waals surface area contributed by atoms with Gasteiger partial charge in [0, 0.05) is 31.5 Å². The number of carbonyl (C=O) groups excluding carboxylic acids is 1. The lowest BCUT2D eigenvalue weighted by Crippen LogP contribution is -2.36. The third kappa shape index (κ3) is 3.84. The molecule has 5 nitrogen and oxygen atoms in total. The van der Waals surface area contributed by atoms with Crippen LogP contribution in [0.3, 0.4) is 0 Å². The first kappa shape index (κ1) is 16.0. The molecule has 0 radical (unpaired) electrons. The molecule has 118 valence electrons. The minimum absolute atomic E-state index is 0.0523. The number of rotatable bonds is 5. The molecule has 1 aromatic heterocycles.